The van der Waals surface area contributed by atoms with Gasteiger partial charge in [-0.05, 0) is 32.9 Å². The van der Waals surface area contributed by atoms with E-state index in [0.717, 1.165) is 5.56 Å². The lowest BCUT2D eigenvalue weighted by Gasteiger charge is -2.20. The highest BCUT2D eigenvalue weighted by molar-refractivity contribution is 5.88. The number of rotatable bonds is 6. The van der Waals surface area contributed by atoms with Gasteiger partial charge in [0.05, 0.1) is 37.0 Å². The van der Waals surface area contributed by atoms with Crippen LogP contribution < -0.4 is 10.9 Å². The first-order chi connectivity index (χ1) is 15.7. The Morgan fingerprint density at radius 3 is 2.36 bits per heavy atom. The standard InChI is InChI=1S/C24H26N4O5/c1-24(2,3)33-23(31)27-14-18-13-26-20(16-8-6-5-7-9-16)28(21(18)29)15-19-11-10-17(12-25-19)22(30)32-4/h5-13H,14-15H2,1-4H3,(H,27,31). The van der Waals surface area contributed by atoms with Gasteiger partial charge in [-0.1, -0.05) is 30.3 Å². The Morgan fingerprint density at radius 1 is 1.03 bits per heavy atom. The van der Waals surface area contributed by atoms with Crippen LogP contribution in [0.5, 0.6) is 0 Å². The highest BCUT2D eigenvalue weighted by Gasteiger charge is 2.18. The van der Waals surface area contributed by atoms with Gasteiger partial charge in [-0.25, -0.2) is 14.6 Å². The zero-order valence-corrected chi connectivity index (χ0v) is 19.0. The Labute approximate surface area is 191 Å². The predicted molar refractivity (Wildman–Crippen MR) is 122 cm³/mol. The third kappa shape index (κ3) is 6.25. The van der Waals surface area contributed by atoms with E-state index in [1.165, 1.54) is 24.1 Å². The lowest BCUT2D eigenvalue weighted by Crippen LogP contribution is -2.35. The molecule has 0 unspecified atom stereocenters. The molecule has 0 fully saturated rings. The molecule has 2 heterocycles. The first kappa shape index (κ1) is 23.6. The van der Waals surface area contributed by atoms with Crippen molar-refractivity contribution in [3.8, 4) is 11.4 Å². The maximum absolute atomic E-state index is 13.3. The maximum Gasteiger partial charge on any atom is 0.407 e. The van der Waals surface area contributed by atoms with Crippen molar-refractivity contribution in [2.45, 2.75) is 39.5 Å². The number of carbonyl (C=O) groups excluding carboxylic acids is 2. The zero-order chi connectivity index (χ0) is 24.0. The molecule has 0 saturated carbocycles. The van der Waals surface area contributed by atoms with E-state index >= 15 is 0 Å². The molecule has 0 radical (unpaired) electrons. The van der Waals surface area contributed by atoms with Crippen LogP contribution in [0.25, 0.3) is 11.4 Å². The number of pyridine rings is 1. The smallest absolute Gasteiger partial charge is 0.407 e. The summed E-state index contributed by atoms with van der Waals surface area (Å²) in [6.45, 7) is 5.36. The van der Waals surface area contributed by atoms with Gasteiger partial charge in [-0.15, -0.1) is 0 Å². The Bertz CT molecular complexity index is 1180. The minimum absolute atomic E-state index is 0.0372. The van der Waals surface area contributed by atoms with E-state index in [9.17, 15) is 14.4 Å². The summed E-state index contributed by atoms with van der Waals surface area (Å²) in [4.78, 5) is 45.8. The van der Waals surface area contributed by atoms with Crippen molar-refractivity contribution in [2.75, 3.05) is 7.11 Å². The molecule has 3 rings (SSSR count). The van der Waals surface area contributed by atoms with Crippen LogP contribution in [0, 0.1) is 0 Å². The highest BCUT2D eigenvalue weighted by Crippen LogP contribution is 2.16. The van der Waals surface area contributed by atoms with E-state index in [1.807, 2.05) is 30.3 Å². The SMILES string of the molecule is COC(=O)c1ccc(Cn2c(-c3ccccc3)ncc(CNC(=O)OC(C)(C)C)c2=O)nc1. The molecule has 0 atom stereocenters. The molecule has 2 aromatic heterocycles. The number of alkyl carbamates (subject to hydrolysis) is 1. The molecule has 0 aliphatic carbocycles. The molecular formula is C24H26N4O5. The minimum Gasteiger partial charge on any atom is -0.465 e. The number of carbonyl (C=O) groups is 2. The molecule has 0 aliphatic rings. The fourth-order valence-corrected chi connectivity index (χ4v) is 3.02. The minimum atomic E-state index is -0.651. The topological polar surface area (TPSA) is 112 Å². The number of esters is 1. The van der Waals surface area contributed by atoms with Crippen LogP contribution >= 0.6 is 0 Å². The van der Waals surface area contributed by atoms with Gasteiger partial charge in [-0.2, -0.15) is 0 Å². The monoisotopic (exact) mass is 450 g/mol. The van der Waals surface area contributed by atoms with Crippen LogP contribution in [0.15, 0.2) is 59.7 Å². The second-order valence-corrected chi connectivity index (χ2v) is 8.25. The van der Waals surface area contributed by atoms with Crippen LogP contribution in [-0.2, 0) is 22.6 Å². The number of hydrogen-bond donors (Lipinski definition) is 1. The summed E-state index contributed by atoms with van der Waals surface area (Å²) in [7, 11) is 1.30. The van der Waals surface area contributed by atoms with E-state index in [4.69, 9.17) is 9.47 Å². The van der Waals surface area contributed by atoms with Crippen molar-refractivity contribution >= 4 is 12.1 Å². The number of benzene rings is 1. The summed E-state index contributed by atoms with van der Waals surface area (Å²) in [5.74, 6) is -0.0338. The highest BCUT2D eigenvalue weighted by atomic mass is 16.6. The first-order valence-electron chi connectivity index (χ1n) is 10.3. The molecule has 33 heavy (non-hydrogen) atoms. The molecule has 0 spiro atoms. The molecule has 3 aromatic rings. The van der Waals surface area contributed by atoms with Gasteiger partial charge in [0.25, 0.3) is 5.56 Å². The van der Waals surface area contributed by atoms with Crippen LogP contribution in [0.4, 0.5) is 4.79 Å². The van der Waals surface area contributed by atoms with Crippen molar-refractivity contribution in [3.05, 3.63) is 82.0 Å². The fourth-order valence-electron chi connectivity index (χ4n) is 3.02. The van der Waals surface area contributed by atoms with Gasteiger partial charge in [0.1, 0.15) is 11.4 Å². The number of amides is 1. The van der Waals surface area contributed by atoms with Gasteiger partial charge >= 0.3 is 12.1 Å². The second-order valence-electron chi connectivity index (χ2n) is 8.25. The fraction of sp³-hybridized carbons (Fsp3) is 0.292. The molecular weight excluding hydrogens is 424 g/mol. The van der Waals surface area contributed by atoms with Crippen molar-refractivity contribution in [1.29, 1.82) is 0 Å². The second kappa shape index (κ2) is 10.1. The number of aromatic nitrogens is 3. The average Bonchev–Trinajstić information content (AvgIpc) is 2.79. The lowest BCUT2D eigenvalue weighted by atomic mass is 10.2. The van der Waals surface area contributed by atoms with Gasteiger partial charge in [0, 0.05) is 18.0 Å². The van der Waals surface area contributed by atoms with Crippen LogP contribution in [0.2, 0.25) is 0 Å². The summed E-state index contributed by atoms with van der Waals surface area (Å²) in [6.07, 6.45) is 2.22. The Kier molecular flexibility index (Phi) is 7.22. The third-order valence-electron chi connectivity index (χ3n) is 4.54. The van der Waals surface area contributed by atoms with Crippen molar-refractivity contribution in [3.63, 3.8) is 0 Å². The Hall–Kier alpha value is -4.01. The zero-order valence-electron chi connectivity index (χ0n) is 19.0. The van der Waals surface area contributed by atoms with E-state index in [1.54, 1.807) is 32.9 Å². The largest absolute Gasteiger partial charge is 0.465 e. The van der Waals surface area contributed by atoms with E-state index in [-0.39, 0.29) is 18.6 Å². The van der Waals surface area contributed by atoms with E-state index in [0.29, 0.717) is 22.6 Å². The first-order valence-corrected chi connectivity index (χ1v) is 10.3. The summed E-state index contributed by atoms with van der Waals surface area (Å²) in [5.41, 5.74) is 0.950. The molecule has 0 bridgehead atoms. The van der Waals surface area contributed by atoms with Crippen LogP contribution in [0.1, 0.15) is 42.4 Å². The number of ether oxygens (including phenoxy) is 2. The maximum atomic E-state index is 13.3. The van der Waals surface area contributed by atoms with Gasteiger partial charge in [-0.3, -0.25) is 14.3 Å². The van der Waals surface area contributed by atoms with Crippen molar-refractivity contribution < 1.29 is 19.1 Å². The summed E-state index contributed by atoms with van der Waals surface area (Å²) < 4.78 is 11.4. The summed E-state index contributed by atoms with van der Waals surface area (Å²) >= 11 is 0. The predicted octanol–water partition coefficient (Wildman–Crippen LogP) is 3.16. The van der Waals surface area contributed by atoms with E-state index in [2.05, 4.69) is 15.3 Å². The Morgan fingerprint density at radius 2 is 1.76 bits per heavy atom. The Balaban J connectivity index is 1.93. The molecule has 1 aromatic carbocycles. The summed E-state index contributed by atoms with van der Waals surface area (Å²) in [5, 5.41) is 2.59. The lowest BCUT2D eigenvalue weighted by molar-refractivity contribution is 0.0522. The number of hydrogen-bond acceptors (Lipinski definition) is 7. The van der Waals surface area contributed by atoms with Gasteiger partial charge < -0.3 is 14.8 Å². The summed E-state index contributed by atoms with van der Waals surface area (Å²) in [6, 6.07) is 12.5. The van der Waals surface area contributed by atoms with Crippen molar-refractivity contribution in [2.24, 2.45) is 0 Å². The molecule has 0 saturated heterocycles. The normalized spacial score (nSPS) is 11.0. The molecule has 9 nitrogen and oxygen atoms in total. The molecule has 9 heteroatoms. The van der Waals surface area contributed by atoms with Gasteiger partial charge in [0.2, 0.25) is 0 Å². The van der Waals surface area contributed by atoms with Crippen LogP contribution in [-0.4, -0.2) is 39.3 Å². The quantitative estimate of drug-likeness (QED) is 0.574. The molecule has 172 valence electrons. The van der Waals surface area contributed by atoms with E-state index < -0.39 is 17.7 Å². The third-order valence-corrected chi connectivity index (χ3v) is 4.54. The number of methoxy groups -OCH3 is 1. The van der Waals surface area contributed by atoms with Crippen molar-refractivity contribution in [1.82, 2.24) is 19.9 Å². The average molecular weight is 450 g/mol. The van der Waals surface area contributed by atoms with Gasteiger partial charge in [0.15, 0.2) is 0 Å². The van der Waals surface area contributed by atoms with Crippen LogP contribution in [0.3, 0.4) is 0 Å². The molecule has 1 N–H and O–H groups in total. The molecule has 1 amide bonds. The molecule has 0 aliphatic heterocycles. The number of nitrogens with zero attached hydrogens (tertiary/aromatic N) is 3. The number of nitrogens with one attached hydrogen (secondary N) is 1.